The number of fused-ring (bicyclic) bond motifs is 1. The van der Waals surface area contributed by atoms with E-state index < -0.39 is 11.7 Å². The first kappa shape index (κ1) is 19.1. The van der Waals surface area contributed by atoms with Crippen molar-refractivity contribution in [2.24, 2.45) is 0 Å². The molecule has 1 aromatic carbocycles. The first-order valence-electron chi connectivity index (χ1n) is 8.61. The zero-order valence-electron chi connectivity index (χ0n) is 15.4. The van der Waals surface area contributed by atoms with Crippen molar-refractivity contribution in [3.05, 3.63) is 49.8 Å². The lowest BCUT2D eigenvalue weighted by molar-refractivity contribution is 0.0636. The van der Waals surface area contributed by atoms with E-state index in [0.29, 0.717) is 16.1 Å². The number of hydrogen-bond donors (Lipinski definition) is 1. The van der Waals surface area contributed by atoms with Gasteiger partial charge in [0.15, 0.2) is 5.78 Å². The minimum atomic E-state index is -0.589. The highest BCUT2D eigenvalue weighted by molar-refractivity contribution is 9.10. The molecule has 0 aliphatic heterocycles. The minimum absolute atomic E-state index is 0.0673. The number of carbonyl (C=O) groups is 2. The molecule has 3 rings (SSSR count). The maximum absolute atomic E-state index is 13.3. The normalized spacial score (nSPS) is 13.4. The molecule has 0 spiro atoms. The van der Waals surface area contributed by atoms with Crippen molar-refractivity contribution >= 4 is 44.1 Å². The number of anilines is 1. The van der Waals surface area contributed by atoms with Gasteiger partial charge >= 0.3 is 6.09 Å². The molecular weight excluding hydrogens is 414 g/mol. The number of halogens is 1. The van der Waals surface area contributed by atoms with Gasteiger partial charge in [-0.15, -0.1) is 11.3 Å². The van der Waals surface area contributed by atoms with Crippen molar-refractivity contribution in [2.45, 2.75) is 52.6 Å². The van der Waals surface area contributed by atoms with Crippen molar-refractivity contribution in [3.8, 4) is 0 Å². The smallest absolute Gasteiger partial charge is 0.412 e. The zero-order valence-corrected chi connectivity index (χ0v) is 17.8. The van der Waals surface area contributed by atoms with E-state index in [2.05, 4.69) is 21.2 Å². The molecule has 1 aliphatic carbocycles. The van der Waals surface area contributed by atoms with Gasteiger partial charge in [-0.1, -0.05) is 22.0 Å². The summed E-state index contributed by atoms with van der Waals surface area (Å²) in [5.41, 5.74) is 2.77. The standard InChI is InChI=1S/C20H22BrNO3S/c1-11-8-9-12(14(21)10-11)17(23)16-13-6-5-7-15(13)26-18(16)22-19(24)25-20(2,3)4/h8-10H,5-7H2,1-4H3,(H,22,24). The van der Waals surface area contributed by atoms with Gasteiger partial charge in [0, 0.05) is 14.9 Å². The van der Waals surface area contributed by atoms with Gasteiger partial charge in [-0.3, -0.25) is 10.1 Å². The van der Waals surface area contributed by atoms with Gasteiger partial charge in [0.05, 0.1) is 5.56 Å². The predicted octanol–water partition coefficient (Wildman–Crippen LogP) is 5.89. The molecule has 1 amide bonds. The van der Waals surface area contributed by atoms with Crippen LogP contribution in [0.25, 0.3) is 0 Å². The molecule has 0 saturated heterocycles. The summed E-state index contributed by atoms with van der Waals surface area (Å²) in [4.78, 5) is 26.7. The summed E-state index contributed by atoms with van der Waals surface area (Å²) in [6.07, 6.45) is 2.33. The number of ether oxygens (including phenoxy) is 1. The predicted molar refractivity (Wildman–Crippen MR) is 109 cm³/mol. The Morgan fingerprint density at radius 1 is 1.23 bits per heavy atom. The molecule has 1 heterocycles. The van der Waals surface area contributed by atoms with E-state index in [1.165, 1.54) is 16.2 Å². The molecule has 1 aliphatic rings. The average Bonchev–Trinajstić information content (AvgIpc) is 3.04. The zero-order chi connectivity index (χ0) is 19.1. The Kier molecular flexibility index (Phi) is 5.26. The first-order chi connectivity index (χ1) is 12.2. The molecule has 0 radical (unpaired) electrons. The summed E-state index contributed by atoms with van der Waals surface area (Å²) in [5.74, 6) is -0.0673. The van der Waals surface area contributed by atoms with Crippen LogP contribution in [0.1, 0.15) is 59.1 Å². The highest BCUT2D eigenvalue weighted by atomic mass is 79.9. The number of nitrogens with one attached hydrogen (secondary N) is 1. The third-order valence-electron chi connectivity index (χ3n) is 4.13. The van der Waals surface area contributed by atoms with Gasteiger partial charge in [0.1, 0.15) is 10.6 Å². The second-order valence-electron chi connectivity index (χ2n) is 7.50. The van der Waals surface area contributed by atoms with E-state index >= 15 is 0 Å². The van der Waals surface area contributed by atoms with Crippen LogP contribution < -0.4 is 5.32 Å². The molecule has 2 aromatic rings. The third-order valence-corrected chi connectivity index (χ3v) is 6.00. The number of rotatable bonds is 3. The van der Waals surface area contributed by atoms with Crippen LogP contribution in [0.2, 0.25) is 0 Å². The van der Waals surface area contributed by atoms with Crippen LogP contribution >= 0.6 is 27.3 Å². The topological polar surface area (TPSA) is 55.4 Å². The maximum atomic E-state index is 13.3. The number of hydrogen-bond acceptors (Lipinski definition) is 4. The average molecular weight is 436 g/mol. The number of benzene rings is 1. The van der Waals surface area contributed by atoms with Crippen molar-refractivity contribution in [3.63, 3.8) is 0 Å². The van der Waals surface area contributed by atoms with Crippen molar-refractivity contribution in [2.75, 3.05) is 5.32 Å². The van der Waals surface area contributed by atoms with E-state index in [4.69, 9.17) is 4.74 Å². The fourth-order valence-electron chi connectivity index (χ4n) is 3.07. The molecule has 0 fully saturated rings. The molecule has 0 saturated carbocycles. The Morgan fingerprint density at radius 3 is 2.62 bits per heavy atom. The summed E-state index contributed by atoms with van der Waals surface area (Å²) in [5, 5.41) is 3.38. The van der Waals surface area contributed by atoms with Crippen LogP contribution in [0.5, 0.6) is 0 Å². The minimum Gasteiger partial charge on any atom is -0.444 e. The molecule has 6 heteroatoms. The maximum Gasteiger partial charge on any atom is 0.412 e. The number of carbonyl (C=O) groups excluding carboxylic acids is 2. The Labute approximate surface area is 166 Å². The number of aryl methyl sites for hydroxylation is 2. The van der Waals surface area contributed by atoms with Gasteiger partial charge in [-0.2, -0.15) is 0 Å². The van der Waals surface area contributed by atoms with E-state index in [1.807, 2.05) is 45.9 Å². The summed E-state index contributed by atoms with van der Waals surface area (Å²) in [6.45, 7) is 7.43. The van der Waals surface area contributed by atoms with Gasteiger partial charge in [-0.05, 0) is 70.2 Å². The molecular formula is C20H22BrNO3S. The fraction of sp³-hybridized carbons (Fsp3) is 0.400. The van der Waals surface area contributed by atoms with E-state index in [1.54, 1.807) is 0 Å². The summed E-state index contributed by atoms with van der Waals surface area (Å²) >= 11 is 4.99. The number of ketones is 1. The van der Waals surface area contributed by atoms with Crippen LogP contribution in [-0.4, -0.2) is 17.5 Å². The first-order valence-corrected chi connectivity index (χ1v) is 10.2. The molecule has 1 N–H and O–H groups in total. The molecule has 0 unspecified atom stereocenters. The van der Waals surface area contributed by atoms with Crippen LogP contribution in [0.15, 0.2) is 22.7 Å². The van der Waals surface area contributed by atoms with Gasteiger partial charge in [0.2, 0.25) is 0 Å². The second kappa shape index (κ2) is 7.16. The van der Waals surface area contributed by atoms with E-state index in [-0.39, 0.29) is 5.78 Å². The van der Waals surface area contributed by atoms with Gasteiger partial charge in [-0.25, -0.2) is 4.79 Å². The van der Waals surface area contributed by atoms with Gasteiger partial charge < -0.3 is 4.74 Å². The van der Waals surface area contributed by atoms with E-state index in [9.17, 15) is 9.59 Å². The largest absolute Gasteiger partial charge is 0.444 e. The lowest BCUT2D eigenvalue weighted by Crippen LogP contribution is -2.27. The monoisotopic (exact) mass is 435 g/mol. The molecule has 26 heavy (non-hydrogen) atoms. The molecule has 0 atom stereocenters. The van der Waals surface area contributed by atoms with E-state index in [0.717, 1.165) is 34.9 Å². The van der Waals surface area contributed by atoms with Crippen molar-refractivity contribution in [1.82, 2.24) is 0 Å². The third kappa shape index (κ3) is 4.01. The molecule has 138 valence electrons. The number of thiophene rings is 1. The molecule has 0 bridgehead atoms. The Hall–Kier alpha value is -1.66. The lowest BCUT2D eigenvalue weighted by atomic mass is 9.99. The molecule has 1 aromatic heterocycles. The summed E-state index contributed by atoms with van der Waals surface area (Å²) in [7, 11) is 0. The van der Waals surface area contributed by atoms with Crippen LogP contribution in [0.4, 0.5) is 9.80 Å². The number of amides is 1. The van der Waals surface area contributed by atoms with Crippen LogP contribution in [-0.2, 0) is 17.6 Å². The lowest BCUT2D eigenvalue weighted by Gasteiger charge is -2.19. The SMILES string of the molecule is Cc1ccc(C(=O)c2c(NC(=O)OC(C)(C)C)sc3c2CCC3)c(Br)c1. The Balaban J connectivity index is 1.98. The second-order valence-corrected chi connectivity index (χ2v) is 9.46. The van der Waals surface area contributed by atoms with Crippen molar-refractivity contribution in [1.29, 1.82) is 0 Å². The summed E-state index contributed by atoms with van der Waals surface area (Å²) < 4.78 is 6.13. The quantitative estimate of drug-likeness (QED) is 0.611. The fourth-order valence-corrected chi connectivity index (χ4v) is 5.01. The Bertz CT molecular complexity index is 880. The Morgan fingerprint density at radius 2 is 1.96 bits per heavy atom. The highest BCUT2D eigenvalue weighted by Gasteiger charge is 2.29. The summed E-state index contributed by atoms with van der Waals surface area (Å²) in [6, 6.07) is 5.68. The van der Waals surface area contributed by atoms with Gasteiger partial charge in [0.25, 0.3) is 0 Å². The van der Waals surface area contributed by atoms with Crippen molar-refractivity contribution < 1.29 is 14.3 Å². The van der Waals surface area contributed by atoms with Crippen LogP contribution in [0.3, 0.4) is 0 Å². The highest BCUT2D eigenvalue weighted by Crippen LogP contribution is 2.41. The van der Waals surface area contributed by atoms with Crippen LogP contribution in [0, 0.1) is 6.92 Å². The molecule has 4 nitrogen and oxygen atoms in total.